The maximum Gasteiger partial charge on any atom is 0.344 e. The molecule has 1 aromatic carbocycles. The van der Waals surface area contributed by atoms with Crippen molar-refractivity contribution in [1.29, 1.82) is 0 Å². The van der Waals surface area contributed by atoms with Gasteiger partial charge in [-0.1, -0.05) is 95.4 Å². The minimum atomic E-state index is -0.349. The van der Waals surface area contributed by atoms with E-state index < -0.39 is 0 Å². The molecule has 0 spiro atoms. The first kappa shape index (κ1) is 31.4. The van der Waals surface area contributed by atoms with Crippen molar-refractivity contribution >= 4 is 16.9 Å². The lowest BCUT2D eigenvalue weighted by Crippen LogP contribution is -2.14. The van der Waals surface area contributed by atoms with E-state index in [9.17, 15) is 9.59 Å². The van der Waals surface area contributed by atoms with Crippen LogP contribution in [0.15, 0.2) is 45.7 Å². The van der Waals surface area contributed by atoms with Gasteiger partial charge in [-0.25, -0.2) is 9.78 Å². The van der Waals surface area contributed by atoms with Crippen LogP contribution in [0.2, 0.25) is 0 Å². The van der Waals surface area contributed by atoms with Crippen molar-refractivity contribution in [2.24, 2.45) is 5.92 Å². The second-order valence-electron chi connectivity index (χ2n) is 11.0. The summed E-state index contributed by atoms with van der Waals surface area (Å²) < 4.78 is 16.8. The molecule has 1 unspecified atom stereocenters. The molecule has 0 saturated carbocycles. The molecule has 3 aromatic rings. The Morgan fingerprint density at radius 2 is 1.48 bits per heavy atom. The molecule has 1 atom stereocenters. The van der Waals surface area contributed by atoms with Crippen molar-refractivity contribution in [3.8, 4) is 17.0 Å². The molecule has 2 aromatic heterocycles. The number of aryl methyl sites for hydroxylation is 2. The zero-order valence-corrected chi connectivity index (χ0v) is 24.9. The van der Waals surface area contributed by atoms with Crippen LogP contribution in [-0.4, -0.2) is 24.2 Å². The number of esters is 1. The van der Waals surface area contributed by atoms with E-state index >= 15 is 0 Å². The van der Waals surface area contributed by atoms with Crippen LogP contribution in [0.25, 0.3) is 22.1 Å². The van der Waals surface area contributed by atoms with E-state index in [0.29, 0.717) is 30.2 Å². The molecule has 6 nitrogen and oxygen atoms in total. The van der Waals surface area contributed by atoms with E-state index in [1.165, 1.54) is 44.9 Å². The third-order valence-electron chi connectivity index (χ3n) is 7.57. The molecule has 2 heterocycles. The molecule has 3 rings (SSSR count). The van der Waals surface area contributed by atoms with E-state index in [1.54, 1.807) is 12.3 Å². The van der Waals surface area contributed by atoms with Gasteiger partial charge in [-0.15, -0.1) is 0 Å². The van der Waals surface area contributed by atoms with E-state index in [-0.39, 0.29) is 17.5 Å². The molecule has 6 heteroatoms. The van der Waals surface area contributed by atoms with E-state index in [0.717, 1.165) is 54.2 Å². The van der Waals surface area contributed by atoms with E-state index in [4.69, 9.17) is 13.9 Å². The molecule has 0 aliphatic heterocycles. The number of aromatic nitrogens is 1. The van der Waals surface area contributed by atoms with Crippen LogP contribution in [0, 0.1) is 19.8 Å². The monoisotopic (exact) mass is 549 g/mol. The minimum Gasteiger partial charge on any atom is -0.478 e. The van der Waals surface area contributed by atoms with Crippen molar-refractivity contribution < 1.29 is 18.7 Å². The smallest absolute Gasteiger partial charge is 0.344 e. The summed E-state index contributed by atoms with van der Waals surface area (Å²) in [5.41, 5.74) is 3.73. The number of hydrogen-bond donors (Lipinski definition) is 0. The molecule has 218 valence electrons. The largest absolute Gasteiger partial charge is 0.478 e. The van der Waals surface area contributed by atoms with Crippen molar-refractivity contribution in [3.63, 3.8) is 0 Å². The molecule has 0 bridgehead atoms. The Bertz CT molecular complexity index is 1260. The molecular weight excluding hydrogens is 502 g/mol. The second-order valence-corrected chi connectivity index (χ2v) is 11.0. The maximum atomic E-state index is 12.7. The molecule has 0 radical (unpaired) electrons. The number of nitrogens with zero attached hydrogens (tertiary/aromatic N) is 1. The third kappa shape index (κ3) is 10.1. The Kier molecular flexibility index (Phi) is 13.2. The SMILES string of the molecule is CCC(C)C(=O)OCCCCCCCCCCCCCOc1cc2oc(=O)c(-c3cc(C)ccc3C)cc2cn1. The number of rotatable bonds is 18. The van der Waals surface area contributed by atoms with Gasteiger partial charge in [0.1, 0.15) is 5.58 Å². The summed E-state index contributed by atoms with van der Waals surface area (Å²) in [4.78, 5) is 28.8. The van der Waals surface area contributed by atoms with Crippen LogP contribution >= 0.6 is 0 Å². The van der Waals surface area contributed by atoms with E-state index in [1.807, 2.05) is 52.0 Å². The topological polar surface area (TPSA) is 78.6 Å². The highest BCUT2D eigenvalue weighted by Crippen LogP contribution is 2.26. The predicted octanol–water partition coefficient (Wildman–Crippen LogP) is 8.73. The molecular formula is C34H47NO5. The summed E-state index contributed by atoms with van der Waals surface area (Å²) in [6.45, 7) is 9.11. The molecule has 0 N–H and O–H groups in total. The zero-order chi connectivity index (χ0) is 28.7. The van der Waals surface area contributed by atoms with Crippen LogP contribution < -0.4 is 10.4 Å². The average molecular weight is 550 g/mol. The molecule has 0 saturated heterocycles. The number of pyridine rings is 1. The predicted molar refractivity (Wildman–Crippen MR) is 162 cm³/mol. The summed E-state index contributed by atoms with van der Waals surface area (Å²) in [7, 11) is 0. The first-order chi connectivity index (χ1) is 19.4. The Morgan fingerprint density at radius 1 is 0.850 bits per heavy atom. The Balaban J connectivity index is 1.25. The number of unbranched alkanes of at least 4 members (excludes halogenated alkanes) is 10. The molecule has 0 fully saturated rings. The van der Waals surface area contributed by atoms with Gasteiger partial charge in [0.15, 0.2) is 0 Å². The minimum absolute atomic E-state index is 0.0170. The standard InChI is InChI=1S/C34H47NO5/c1-5-26(3)33(36)39-20-16-14-12-10-8-6-7-9-11-13-15-19-38-32-23-31-28(24-35-32)22-30(34(37)40-31)29-21-25(2)17-18-27(29)4/h17-18,21-24,26H,5-16,19-20H2,1-4H3. The highest BCUT2D eigenvalue weighted by Gasteiger charge is 2.12. The highest BCUT2D eigenvalue weighted by molar-refractivity contribution is 5.82. The fraction of sp³-hybridized carbons (Fsp3) is 0.559. The first-order valence-electron chi connectivity index (χ1n) is 15.2. The Morgan fingerprint density at radius 3 is 2.12 bits per heavy atom. The van der Waals surface area contributed by atoms with Crippen LogP contribution in [-0.2, 0) is 9.53 Å². The summed E-state index contributed by atoms with van der Waals surface area (Å²) in [6.07, 6.45) is 15.6. The van der Waals surface area contributed by atoms with Crippen LogP contribution in [0.1, 0.15) is 102 Å². The number of carbonyl (C=O) groups is 1. The van der Waals surface area contributed by atoms with E-state index in [2.05, 4.69) is 4.98 Å². The quantitative estimate of drug-likeness (QED) is 0.117. The number of carbonyl (C=O) groups excluding carboxylic acids is 1. The van der Waals surface area contributed by atoms with Gasteiger partial charge in [0.05, 0.1) is 24.7 Å². The van der Waals surface area contributed by atoms with Crippen molar-refractivity contribution in [2.75, 3.05) is 13.2 Å². The van der Waals surface area contributed by atoms with Gasteiger partial charge in [0.2, 0.25) is 5.88 Å². The van der Waals surface area contributed by atoms with Gasteiger partial charge in [0.25, 0.3) is 0 Å². The summed E-state index contributed by atoms with van der Waals surface area (Å²) in [6, 6.07) is 9.64. The fourth-order valence-electron chi connectivity index (χ4n) is 4.74. The van der Waals surface area contributed by atoms with Gasteiger partial charge in [-0.3, -0.25) is 4.79 Å². The number of benzene rings is 1. The third-order valence-corrected chi connectivity index (χ3v) is 7.57. The second kappa shape index (κ2) is 16.8. The van der Waals surface area contributed by atoms with Gasteiger partial charge >= 0.3 is 11.6 Å². The van der Waals surface area contributed by atoms with Gasteiger partial charge in [0, 0.05) is 17.6 Å². The lowest BCUT2D eigenvalue weighted by atomic mass is 9.99. The lowest BCUT2D eigenvalue weighted by molar-refractivity contribution is -0.148. The van der Waals surface area contributed by atoms with Crippen LogP contribution in [0.5, 0.6) is 5.88 Å². The zero-order valence-electron chi connectivity index (χ0n) is 24.9. The highest BCUT2D eigenvalue weighted by atomic mass is 16.5. The lowest BCUT2D eigenvalue weighted by Gasteiger charge is -2.09. The molecule has 0 aliphatic rings. The summed E-state index contributed by atoms with van der Waals surface area (Å²) >= 11 is 0. The number of ether oxygens (including phenoxy) is 2. The van der Waals surface area contributed by atoms with Gasteiger partial charge in [-0.05, 0) is 50.3 Å². The Labute approximate surface area is 239 Å². The van der Waals surface area contributed by atoms with Crippen molar-refractivity contribution in [2.45, 2.75) is 105 Å². The molecule has 40 heavy (non-hydrogen) atoms. The van der Waals surface area contributed by atoms with Crippen molar-refractivity contribution in [1.82, 2.24) is 4.98 Å². The normalized spacial score (nSPS) is 12.0. The number of fused-ring (bicyclic) bond motifs is 1. The maximum absolute atomic E-state index is 12.7. The summed E-state index contributed by atoms with van der Waals surface area (Å²) in [5.74, 6) is 0.448. The van der Waals surface area contributed by atoms with Crippen LogP contribution in [0.4, 0.5) is 0 Å². The summed E-state index contributed by atoms with van der Waals surface area (Å²) in [5, 5.41) is 0.783. The van der Waals surface area contributed by atoms with Gasteiger partial charge in [-0.2, -0.15) is 0 Å². The molecule has 0 aliphatic carbocycles. The first-order valence-corrected chi connectivity index (χ1v) is 15.2. The number of hydrogen-bond acceptors (Lipinski definition) is 6. The van der Waals surface area contributed by atoms with Crippen molar-refractivity contribution in [3.05, 3.63) is 58.1 Å². The average Bonchev–Trinajstić information content (AvgIpc) is 2.95. The fourth-order valence-corrected chi connectivity index (χ4v) is 4.74. The van der Waals surface area contributed by atoms with Crippen LogP contribution in [0.3, 0.4) is 0 Å². The Hall–Kier alpha value is -3.15. The van der Waals surface area contributed by atoms with Gasteiger partial charge < -0.3 is 13.9 Å². The molecule has 0 amide bonds.